The first-order valence-electron chi connectivity index (χ1n) is 4.31. The van der Waals surface area contributed by atoms with Crippen LogP contribution in [0.3, 0.4) is 0 Å². The number of carbonyl (C=O) groups is 2. The number of aromatic nitrogens is 1. The van der Waals surface area contributed by atoms with Crippen LogP contribution >= 0.6 is 0 Å². The first kappa shape index (κ1) is 11.6. The number of hydrogen-bond acceptors (Lipinski definition) is 5. The van der Waals surface area contributed by atoms with Crippen LogP contribution in [0.2, 0.25) is 0 Å². The molecule has 0 aliphatic rings. The van der Waals surface area contributed by atoms with Gasteiger partial charge in [0.1, 0.15) is 18.0 Å². The van der Waals surface area contributed by atoms with Gasteiger partial charge in [0.05, 0.1) is 5.69 Å². The topological polar surface area (TPSA) is 129 Å². The van der Waals surface area contributed by atoms with Gasteiger partial charge in [0.2, 0.25) is 0 Å². The van der Waals surface area contributed by atoms with E-state index >= 15 is 0 Å². The second kappa shape index (κ2) is 4.87. The van der Waals surface area contributed by atoms with E-state index in [2.05, 4.69) is 10.3 Å². The summed E-state index contributed by atoms with van der Waals surface area (Å²) < 4.78 is 0. The molecule has 1 aromatic rings. The van der Waals surface area contributed by atoms with Crippen molar-refractivity contribution >= 4 is 23.3 Å². The molecule has 1 amide bonds. The van der Waals surface area contributed by atoms with Crippen molar-refractivity contribution in [2.45, 2.75) is 0 Å². The molecule has 7 heteroatoms. The van der Waals surface area contributed by atoms with Crippen LogP contribution in [0.15, 0.2) is 18.3 Å². The average Bonchev–Trinajstić information content (AvgIpc) is 2.25. The summed E-state index contributed by atoms with van der Waals surface area (Å²) in [4.78, 5) is 25.0. The van der Waals surface area contributed by atoms with Crippen molar-refractivity contribution in [2.75, 3.05) is 11.9 Å². The molecule has 0 unspecified atom stereocenters. The van der Waals surface area contributed by atoms with E-state index in [9.17, 15) is 9.59 Å². The summed E-state index contributed by atoms with van der Waals surface area (Å²) in [6, 6.07) is 3.07. The molecule has 0 atom stereocenters. The van der Waals surface area contributed by atoms with Crippen molar-refractivity contribution in [1.82, 2.24) is 4.98 Å². The molecule has 0 spiro atoms. The summed E-state index contributed by atoms with van der Waals surface area (Å²) in [6.07, 6.45) is 1.39. The summed E-state index contributed by atoms with van der Waals surface area (Å²) >= 11 is 0. The molecule has 0 aromatic carbocycles. The number of carboxylic acids is 1. The quantitative estimate of drug-likeness (QED) is 0.496. The van der Waals surface area contributed by atoms with E-state index in [0.29, 0.717) is 0 Å². The molecule has 16 heavy (non-hydrogen) atoms. The number of aliphatic carboxylic acids is 1. The Hall–Kier alpha value is -2.44. The Kier molecular flexibility index (Phi) is 3.54. The summed E-state index contributed by atoms with van der Waals surface area (Å²) in [6.45, 7) is -0.329. The van der Waals surface area contributed by atoms with E-state index < -0.39 is 17.6 Å². The third-order valence-electron chi connectivity index (χ3n) is 1.72. The van der Waals surface area contributed by atoms with E-state index in [-0.39, 0.29) is 17.9 Å². The largest absolute Gasteiger partial charge is 0.480 e. The predicted molar refractivity (Wildman–Crippen MR) is 56.4 cm³/mol. The van der Waals surface area contributed by atoms with Crippen molar-refractivity contribution in [1.29, 1.82) is 5.41 Å². The number of amides is 1. The number of nitrogens with two attached hydrogens (primary N) is 1. The highest BCUT2D eigenvalue weighted by Crippen LogP contribution is 2.12. The molecule has 0 fully saturated rings. The number of nitrogens with one attached hydrogen (secondary N) is 2. The standard InChI is InChI=1S/C9H10N4O3/c10-7(9(11)16)8-5(2-1-3-12-8)13-4-6(14)15/h1-3,10,13H,4H2,(H2,11,16)(H,14,15). The molecular weight excluding hydrogens is 212 g/mol. The fraction of sp³-hybridized carbons (Fsp3) is 0.111. The van der Waals surface area contributed by atoms with E-state index in [4.69, 9.17) is 16.2 Å². The van der Waals surface area contributed by atoms with E-state index in [1.54, 1.807) is 6.07 Å². The van der Waals surface area contributed by atoms with Gasteiger partial charge in [-0.2, -0.15) is 0 Å². The molecule has 0 bridgehead atoms. The minimum atomic E-state index is -1.06. The minimum absolute atomic E-state index is 0.0382. The second-order valence-electron chi connectivity index (χ2n) is 2.89. The van der Waals surface area contributed by atoms with Gasteiger partial charge in [-0.25, -0.2) is 0 Å². The molecule has 5 N–H and O–H groups in total. The smallest absolute Gasteiger partial charge is 0.322 e. The van der Waals surface area contributed by atoms with Gasteiger partial charge in [-0.1, -0.05) is 0 Å². The van der Waals surface area contributed by atoms with Gasteiger partial charge in [-0.05, 0) is 12.1 Å². The number of hydrogen-bond donors (Lipinski definition) is 4. The Bertz CT molecular complexity index is 444. The Morgan fingerprint density at radius 1 is 1.56 bits per heavy atom. The average molecular weight is 222 g/mol. The lowest BCUT2D eigenvalue weighted by Gasteiger charge is -2.08. The van der Waals surface area contributed by atoms with Crippen LogP contribution in [0.25, 0.3) is 0 Å². The van der Waals surface area contributed by atoms with Crippen molar-refractivity contribution in [3.05, 3.63) is 24.0 Å². The number of rotatable bonds is 5. The lowest BCUT2D eigenvalue weighted by Crippen LogP contribution is -2.25. The molecule has 0 aliphatic carbocycles. The maximum absolute atomic E-state index is 10.8. The molecule has 1 heterocycles. The predicted octanol–water partition coefficient (Wildman–Crippen LogP) is -0.569. The van der Waals surface area contributed by atoms with E-state index in [1.807, 2.05) is 0 Å². The summed E-state index contributed by atoms with van der Waals surface area (Å²) in [5, 5.41) is 18.4. The number of anilines is 1. The first-order valence-corrected chi connectivity index (χ1v) is 4.31. The van der Waals surface area contributed by atoms with Crippen LogP contribution in [0.1, 0.15) is 5.69 Å². The van der Waals surface area contributed by atoms with E-state index in [0.717, 1.165) is 0 Å². The van der Waals surface area contributed by atoms with Gasteiger partial charge < -0.3 is 16.2 Å². The maximum Gasteiger partial charge on any atom is 0.322 e. The van der Waals surface area contributed by atoms with Crippen LogP contribution in [0.5, 0.6) is 0 Å². The summed E-state index contributed by atoms with van der Waals surface area (Å²) in [7, 11) is 0. The lowest BCUT2D eigenvalue weighted by molar-refractivity contribution is -0.134. The third-order valence-corrected chi connectivity index (χ3v) is 1.72. The maximum atomic E-state index is 10.8. The second-order valence-corrected chi connectivity index (χ2v) is 2.89. The van der Waals surface area contributed by atoms with Crippen molar-refractivity contribution in [2.24, 2.45) is 5.73 Å². The molecule has 1 aromatic heterocycles. The molecule has 0 aliphatic heterocycles. The number of primary amides is 1. The van der Waals surface area contributed by atoms with Crippen molar-refractivity contribution < 1.29 is 14.7 Å². The SMILES string of the molecule is N=C(C(N)=O)c1ncccc1NCC(=O)O. The van der Waals surface area contributed by atoms with Crippen molar-refractivity contribution in [3.8, 4) is 0 Å². The molecule has 1 rings (SSSR count). The van der Waals surface area contributed by atoms with Gasteiger partial charge in [0, 0.05) is 6.20 Å². The third kappa shape index (κ3) is 2.77. The Morgan fingerprint density at radius 2 is 2.25 bits per heavy atom. The van der Waals surface area contributed by atoms with Crippen LogP contribution in [-0.2, 0) is 9.59 Å². The first-order chi connectivity index (χ1) is 7.52. The zero-order chi connectivity index (χ0) is 12.1. The lowest BCUT2D eigenvalue weighted by atomic mass is 10.2. The van der Waals surface area contributed by atoms with Crippen molar-refractivity contribution in [3.63, 3.8) is 0 Å². The van der Waals surface area contributed by atoms with Gasteiger partial charge in [0.25, 0.3) is 5.91 Å². The number of carboxylic acid groups (broad SMARTS) is 1. The van der Waals surface area contributed by atoms with Gasteiger partial charge >= 0.3 is 5.97 Å². The monoisotopic (exact) mass is 222 g/mol. The fourth-order valence-corrected chi connectivity index (χ4v) is 1.03. The summed E-state index contributed by atoms with van der Waals surface area (Å²) in [5.41, 5.74) is 4.80. The number of carbonyl (C=O) groups excluding carboxylic acids is 1. The van der Waals surface area contributed by atoms with Gasteiger partial charge in [-0.3, -0.25) is 20.0 Å². The van der Waals surface area contributed by atoms with Crippen LogP contribution < -0.4 is 11.1 Å². The zero-order valence-corrected chi connectivity index (χ0v) is 8.23. The summed E-state index contributed by atoms with van der Waals surface area (Å²) in [5.74, 6) is -1.97. The van der Waals surface area contributed by atoms with Crippen LogP contribution in [-0.4, -0.2) is 34.2 Å². The van der Waals surface area contributed by atoms with Gasteiger partial charge in [-0.15, -0.1) is 0 Å². The highest BCUT2D eigenvalue weighted by molar-refractivity contribution is 6.44. The number of nitrogens with zero attached hydrogens (tertiary/aromatic N) is 1. The molecule has 0 saturated carbocycles. The highest BCUT2D eigenvalue weighted by atomic mass is 16.4. The Morgan fingerprint density at radius 3 is 2.81 bits per heavy atom. The number of pyridine rings is 1. The molecule has 7 nitrogen and oxygen atoms in total. The molecule has 0 saturated heterocycles. The molecular formula is C9H10N4O3. The Labute approximate surface area is 90.8 Å². The van der Waals surface area contributed by atoms with Gasteiger partial charge in [0.15, 0.2) is 0 Å². The molecule has 84 valence electrons. The minimum Gasteiger partial charge on any atom is -0.480 e. The zero-order valence-electron chi connectivity index (χ0n) is 8.23. The highest BCUT2D eigenvalue weighted by Gasteiger charge is 2.14. The normalized spacial score (nSPS) is 9.50. The Balaban J connectivity index is 2.96. The van der Waals surface area contributed by atoms with Crippen LogP contribution in [0, 0.1) is 5.41 Å². The fourth-order valence-electron chi connectivity index (χ4n) is 1.03. The van der Waals surface area contributed by atoms with Crippen LogP contribution in [0.4, 0.5) is 5.69 Å². The molecule has 0 radical (unpaired) electrons. The van der Waals surface area contributed by atoms with E-state index in [1.165, 1.54) is 12.3 Å².